The van der Waals surface area contributed by atoms with Gasteiger partial charge in [0, 0.05) is 30.2 Å². The van der Waals surface area contributed by atoms with E-state index in [1.165, 1.54) is 0 Å². The normalized spacial score (nSPS) is 10.1. The van der Waals surface area contributed by atoms with Crippen LogP contribution < -0.4 is 5.32 Å². The van der Waals surface area contributed by atoms with E-state index >= 15 is 0 Å². The average Bonchev–Trinajstić information content (AvgIpc) is 3.00. The van der Waals surface area contributed by atoms with E-state index < -0.39 is 0 Å². The quantitative estimate of drug-likeness (QED) is 0.831. The lowest BCUT2D eigenvalue weighted by atomic mass is 10.2. The molecule has 0 aliphatic carbocycles. The fraction of sp³-hybridized carbons (Fsp3) is 0.250. The lowest BCUT2D eigenvalue weighted by Gasteiger charge is -2.08. The summed E-state index contributed by atoms with van der Waals surface area (Å²) in [7, 11) is 0. The number of rotatable bonds is 6. The Balaban J connectivity index is 1.92. The highest BCUT2D eigenvalue weighted by molar-refractivity contribution is 5.92. The summed E-state index contributed by atoms with van der Waals surface area (Å²) in [6, 6.07) is 11.4. The molecular weight excluding hydrogens is 268 g/mol. The standard InChI is InChI=1S/C16H18N2O3/c1-2-21-16(20)9-8-15(19)17-13-6-5-7-14(12-13)18-10-3-4-11-18/h3-7,10-12H,2,8-9H2,1H3,(H,17,19). The van der Waals surface area contributed by atoms with Gasteiger partial charge in [-0.1, -0.05) is 6.07 Å². The number of nitrogens with zero attached hydrogens (tertiary/aromatic N) is 1. The molecule has 1 aromatic heterocycles. The molecule has 0 spiro atoms. The fourth-order valence-corrected chi connectivity index (χ4v) is 1.92. The number of esters is 1. The molecule has 0 unspecified atom stereocenters. The van der Waals surface area contributed by atoms with Gasteiger partial charge in [-0.25, -0.2) is 0 Å². The molecule has 21 heavy (non-hydrogen) atoms. The van der Waals surface area contributed by atoms with Crippen molar-refractivity contribution in [2.75, 3.05) is 11.9 Å². The second-order valence-electron chi connectivity index (χ2n) is 4.49. The van der Waals surface area contributed by atoms with Crippen molar-refractivity contribution in [1.29, 1.82) is 0 Å². The van der Waals surface area contributed by atoms with E-state index in [1.54, 1.807) is 6.92 Å². The van der Waals surface area contributed by atoms with Gasteiger partial charge in [0.25, 0.3) is 0 Å². The second-order valence-corrected chi connectivity index (χ2v) is 4.49. The van der Waals surface area contributed by atoms with Gasteiger partial charge in [0.05, 0.1) is 13.0 Å². The van der Waals surface area contributed by atoms with Gasteiger partial charge in [-0.2, -0.15) is 0 Å². The lowest BCUT2D eigenvalue weighted by molar-refractivity contribution is -0.144. The number of aromatic nitrogens is 1. The van der Waals surface area contributed by atoms with Crippen LogP contribution in [0.5, 0.6) is 0 Å². The van der Waals surface area contributed by atoms with Gasteiger partial charge in [-0.05, 0) is 37.3 Å². The summed E-state index contributed by atoms with van der Waals surface area (Å²) < 4.78 is 6.74. The molecule has 5 nitrogen and oxygen atoms in total. The first-order valence-electron chi connectivity index (χ1n) is 6.88. The Bertz CT molecular complexity index is 606. The minimum atomic E-state index is -0.353. The Labute approximate surface area is 123 Å². The fourth-order valence-electron chi connectivity index (χ4n) is 1.92. The van der Waals surface area contributed by atoms with Crippen LogP contribution in [-0.4, -0.2) is 23.1 Å². The van der Waals surface area contributed by atoms with E-state index in [9.17, 15) is 9.59 Å². The molecule has 0 bridgehead atoms. The zero-order valence-corrected chi connectivity index (χ0v) is 11.9. The first kappa shape index (κ1) is 14.8. The molecule has 0 aliphatic heterocycles. The number of amides is 1. The minimum absolute atomic E-state index is 0.0942. The molecule has 1 heterocycles. The molecule has 0 atom stereocenters. The van der Waals surface area contributed by atoms with Crippen LogP contribution in [0.25, 0.3) is 5.69 Å². The largest absolute Gasteiger partial charge is 0.466 e. The number of nitrogens with one attached hydrogen (secondary N) is 1. The summed E-state index contributed by atoms with van der Waals surface area (Å²) in [6.45, 7) is 2.07. The molecule has 2 aromatic rings. The highest BCUT2D eigenvalue weighted by atomic mass is 16.5. The predicted molar refractivity (Wildman–Crippen MR) is 80.3 cm³/mol. The van der Waals surface area contributed by atoms with E-state index in [1.807, 2.05) is 53.4 Å². The molecule has 1 aromatic carbocycles. The third-order valence-corrected chi connectivity index (χ3v) is 2.89. The van der Waals surface area contributed by atoms with Crippen molar-refractivity contribution in [2.45, 2.75) is 19.8 Å². The maximum absolute atomic E-state index is 11.8. The number of ether oxygens (including phenoxy) is 1. The van der Waals surface area contributed by atoms with Crippen LogP contribution in [0.15, 0.2) is 48.8 Å². The van der Waals surface area contributed by atoms with Gasteiger partial charge in [0.1, 0.15) is 0 Å². The maximum atomic E-state index is 11.8. The maximum Gasteiger partial charge on any atom is 0.306 e. The number of anilines is 1. The number of hydrogen-bond donors (Lipinski definition) is 1. The summed E-state index contributed by atoms with van der Waals surface area (Å²) in [5.41, 5.74) is 1.67. The van der Waals surface area contributed by atoms with Crippen LogP contribution >= 0.6 is 0 Å². The average molecular weight is 286 g/mol. The molecule has 5 heteroatoms. The molecule has 0 aliphatic rings. The first-order chi connectivity index (χ1) is 10.2. The second kappa shape index (κ2) is 7.28. The molecule has 1 N–H and O–H groups in total. The number of carbonyl (C=O) groups excluding carboxylic acids is 2. The number of benzene rings is 1. The summed E-state index contributed by atoms with van der Waals surface area (Å²) in [6.07, 6.45) is 4.08. The number of hydrogen-bond acceptors (Lipinski definition) is 3. The van der Waals surface area contributed by atoms with Crippen LogP contribution in [0.1, 0.15) is 19.8 Å². The van der Waals surface area contributed by atoms with Crippen LogP contribution in [0.3, 0.4) is 0 Å². The molecule has 0 saturated carbocycles. The zero-order valence-electron chi connectivity index (χ0n) is 11.9. The van der Waals surface area contributed by atoms with Gasteiger partial charge < -0.3 is 14.6 Å². The van der Waals surface area contributed by atoms with Crippen molar-refractivity contribution in [3.05, 3.63) is 48.8 Å². The molecule has 110 valence electrons. The van der Waals surface area contributed by atoms with Crippen molar-refractivity contribution >= 4 is 17.6 Å². The smallest absolute Gasteiger partial charge is 0.306 e. The van der Waals surface area contributed by atoms with Crippen molar-refractivity contribution in [3.63, 3.8) is 0 Å². The van der Waals surface area contributed by atoms with Crippen molar-refractivity contribution in [2.24, 2.45) is 0 Å². The van der Waals surface area contributed by atoms with E-state index in [4.69, 9.17) is 4.74 Å². The third kappa shape index (κ3) is 4.49. The van der Waals surface area contributed by atoms with E-state index in [0.717, 1.165) is 5.69 Å². The van der Waals surface area contributed by atoms with Crippen molar-refractivity contribution in [3.8, 4) is 5.69 Å². The van der Waals surface area contributed by atoms with E-state index in [2.05, 4.69) is 5.32 Å². The molecule has 1 amide bonds. The molecular formula is C16H18N2O3. The summed E-state index contributed by atoms with van der Waals surface area (Å²) in [5, 5.41) is 2.78. The minimum Gasteiger partial charge on any atom is -0.466 e. The Morgan fingerprint density at radius 1 is 1.14 bits per heavy atom. The van der Waals surface area contributed by atoms with Crippen LogP contribution in [0.2, 0.25) is 0 Å². The van der Waals surface area contributed by atoms with Crippen LogP contribution in [0.4, 0.5) is 5.69 Å². The summed E-state index contributed by atoms with van der Waals surface area (Å²) in [4.78, 5) is 23.0. The van der Waals surface area contributed by atoms with Crippen molar-refractivity contribution in [1.82, 2.24) is 4.57 Å². The monoisotopic (exact) mass is 286 g/mol. The third-order valence-electron chi connectivity index (χ3n) is 2.89. The Morgan fingerprint density at radius 3 is 2.62 bits per heavy atom. The topological polar surface area (TPSA) is 60.3 Å². The van der Waals surface area contributed by atoms with Crippen molar-refractivity contribution < 1.29 is 14.3 Å². The van der Waals surface area contributed by atoms with E-state index in [-0.39, 0.29) is 24.7 Å². The lowest BCUT2D eigenvalue weighted by Crippen LogP contribution is -2.14. The Hall–Kier alpha value is -2.56. The summed E-state index contributed by atoms with van der Waals surface area (Å²) in [5.74, 6) is -0.554. The highest BCUT2D eigenvalue weighted by Crippen LogP contribution is 2.15. The van der Waals surface area contributed by atoms with Crippen LogP contribution in [0, 0.1) is 0 Å². The first-order valence-corrected chi connectivity index (χ1v) is 6.88. The number of carbonyl (C=O) groups is 2. The Morgan fingerprint density at radius 2 is 1.90 bits per heavy atom. The van der Waals surface area contributed by atoms with Gasteiger partial charge >= 0.3 is 5.97 Å². The van der Waals surface area contributed by atoms with Gasteiger partial charge in [-0.15, -0.1) is 0 Å². The Kier molecular flexibility index (Phi) is 5.15. The molecule has 0 radical (unpaired) electrons. The highest BCUT2D eigenvalue weighted by Gasteiger charge is 2.08. The molecule has 2 rings (SSSR count). The van der Waals surface area contributed by atoms with Gasteiger partial charge in [-0.3, -0.25) is 9.59 Å². The summed E-state index contributed by atoms with van der Waals surface area (Å²) >= 11 is 0. The van der Waals surface area contributed by atoms with E-state index in [0.29, 0.717) is 12.3 Å². The molecule has 0 fully saturated rings. The predicted octanol–water partition coefficient (Wildman–Crippen LogP) is 2.76. The molecule has 0 saturated heterocycles. The SMILES string of the molecule is CCOC(=O)CCC(=O)Nc1cccc(-n2cccc2)c1. The zero-order chi connectivity index (χ0) is 15.1. The van der Waals surface area contributed by atoms with Crippen LogP contribution in [-0.2, 0) is 14.3 Å². The van der Waals surface area contributed by atoms with Gasteiger partial charge in [0.2, 0.25) is 5.91 Å². The van der Waals surface area contributed by atoms with Gasteiger partial charge in [0.15, 0.2) is 0 Å².